The molecule has 1 amide bonds. The number of amides is 1. The monoisotopic (exact) mass is 350 g/mol. The molecule has 0 aliphatic heterocycles. The zero-order chi connectivity index (χ0) is 18.5. The maximum absolute atomic E-state index is 12.2. The molecule has 1 aromatic heterocycles. The number of pyridine rings is 1. The third-order valence-corrected chi connectivity index (χ3v) is 4.02. The number of rotatable bonds is 5. The first-order chi connectivity index (χ1) is 12.6. The van der Waals surface area contributed by atoms with Gasteiger partial charge in [-0.1, -0.05) is 24.3 Å². The van der Waals surface area contributed by atoms with Crippen molar-refractivity contribution < 1.29 is 14.3 Å². The molecule has 1 heterocycles. The van der Waals surface area contributed by atoms with Crippen molar-refractivity contribution >= 4 is 28.5 Å². The number of H-pyrrole nitrogens is 1. The normalized spacial score (nSPS) is 10.5. The molecular formula is C20H18N2O4. The highest BCUT2D eigenvalue weighted by molar-refractivity contribution is 5.94. The molecule has 0 spiro atoms. The molecule has 0 bridgehead atoms. The van der Waals surface area contributed by atoms with Crippen LogP contribution in [0, 0.1) is 0 Å². The van der Waals surface area contributed by atoms with Gasteiger partial charge in [-0.05, 0) is 42.1 Å². The van der Waals surface area contributed by atoms with Crippen LogP contribution in [0.25, 0.3) is 10.9 Å². The van der Waals surface area contributed by atoms with Crippen molar-refractivity contribution in [2.45, 2.75) is 12.8 Å². The number of aromatic nitrogens is 1. The standard InChI is InChI=1S/C20H18N2O4/c1-26-20(25)15-6-4-7-16(12-15)21-18(23)10-9-14-11-13-5-2-3-8-17(13)22-19(14)24/h2-8,11-12H,9-10H2,1H3,(H,21,23)(H,22,24). The Labute approximate surface area is 149 Å². The number of ether oxygens (including phenoxy) is 1. The molecule has 2 N–H and O–H groups in total. The van der Waals surface area contributed by atoms with Crippen molar-refractivity contribution in [2.24, 2.45) is 0 Å². The molecule has 0 atom stereocenters. The minimum absolute atomic E-state index is 0.157. The van der Waals surface area contributed by atoms with Crippen molar-refractivity contribution in [3.05, 3.63) is 76.1 Å². The number of esters is 1. The third kappa shape index (κ3) is 3.97. The smallest absolute Gasteiger partial charge is 0.337 e. The lowest BCUT2D eigenvalue weighted by atomic mass is 10.1. The van der Waals surface area contributed by atoms with Crippen molar-refractivity contribution in [3.63, 3.8) is 0 Å². The number of fused-ring (bicyclic) bond motifs is 1. The molecule has 6 nitrogen and oxygen atoms in total. The summed E-state index contributed by atoms with van der Waals surface area (Å²) < 4.78 is 4.66. The van der Waals surface area contributed by atoms with Crippen molar-refractivity contribution in [1.82, 2.24) is 4.98 Å². The zero-order valence-electron chi connectivity index (χ0n) is 14.2. The Hall–Kier alpha value is -3.41. The SMILES string of the molecule is COC(=O)c1cccc(NC(=O)CCc2cc3ccccc3[nH]c2=O)c1. The number of nitrogens with one attached hydrogen (secondary N) is 2. The third-order valence-electron chi connectivity index (χ3n) is 4.02. The predicted molar refractivity (Wildman–Crippen MR) is 99.3 cm³/mol. The molecule has 0 aliphatic carbocycles. The van der Waals surface area contributed by atoms with E-state index >= 15 is 0 Å². The molecule has 26 heavy (non-hydrogen) atoms. The van der Waals surface area contributed by atoms with E-state index in [-0.39, 0.29) is 17.9 Å². The van der Waals surface area contributed by atoms with Crippen LogP contribution in [0.15, 0.2) is 59.4 Å². The molecule has 6 heteroatoms. The fourth-order valence-electron chi connectivity index (χ4n) is 2.69. The quantitative estimate of drug-likeness (QED) is 0.693. The van der Waals surface area contributed by atoms with Crippen LogP contribution in [0.2, 0.25) is 0 Å². The van der Waals surface area contributed by atoms with Gasteiger partial charge in [-0.25, -0.2) is 4.79 Å². The topological polar surface area (TPSA) is 88.3 Å². The molecule has 0 aliphatic rings. The van der Waals surface area contributed by atoms with Gasteiger partial charge in [-0.3, -0.25) is 9.59 Å². The van der Waals surface area contributed by atoms with E-state index in [1.165, 1.54) is 7.11 Å². The molecule has 3 aromatic rings. The lowest BCUT2D eigenvalue weighted by molar-refractivity contribution is -0.116. The maximum atomic E-state index is 12.2. The van der Waals surface area contributed by atoms with E-state index in [1.807, 2.05) is 24.3 Å². The van der Waals surface area contributed by atoms with Crippen LogP contribution in [0.3, 0.4) is 0 Å². The number of anilines is 1. The van der Waals surface area contributed by atoms with Gasteiger partial charge in [-0.15, -0.1) is 0 Å². The first-order valence-corrected chi connectivity index (χ1v) is 8.16. The van der Waals surface area contributed by atoms with Gasteiger partial charge in [0.1, 0.15) is 0 Å². The van der Waals surface area contributed by atoms with Crippen LogP contribution in [0.4, 0.5) is 5.69 Å². The Bertz CT molecular complexity index is 1020. The van der Waals surface area contributed by atoms with Crippen LogP contribution in [-0.2, 0) is 16.0 Å². The summed E-state index contributed by atoms with van der Waals surface area (Å²) in [5.41, 5.74) is 2.00. The Kier molecular flexibility index (Phi) is 5.12. The van der Waals surface area contributed by atoms with Crippen molar-refractivity contribution in [3.8, 4) is 0 Å². The second-order valence-corrected chi connectivity index (χ2v) is 5.83. The predicted octanol–water partition coefficient (Wildman–Crippen LogP) is 2.89. The highest BCUT2D eigenvalue weighted by Gasteiger charge is 2.09. The number of para-hydroxylation sites is 1. The van der Waals surface area contributed by atoms with Crippen LogP contribution < -0.4 is 10.9 Å². The van der Waals surface area contributed by atoms with Crippen molar-refractivity contribution in [2.75, 3.05) is 12.4 Å². The average molecular weight is 350 g/mol. The molecular weight excluding hydrogens is 332 g/mol. The van der Waals surface area contributed by atoms with E-state index in [9.17, 15) is 14.4 Å². The number of hydrogen-bond acceptors (Lipinski definition) is 4. The Morgan fingerprint density at radius 3 is 2.69 bits per heavy atom. The Balaban J connectivity index is 1.67. The fourth-order valence-corrected chi connectivity index (χ4v) is 2.69. The summed E-state index contributed by atoms with van der Waals surface area (Å²) in [6.45, 7) is 0. The second-order valence-electron chi connectivity index (χ2n) is 5.83. The maximum Gasteiger partial charge on any atom is 0.337 e. The van der Waals surface area contributed by atoms with E-state index in [1.54, 1.807) is 30.3 Å². The van der Waals surface area contributed by atoms with Gasteiger partial charge < -0.3 is 15.0 Å². The molecule has 0 saturated heterocycles. The van der Waals surface area contributed by atoms with Gasteiger partial charge in [-0.2, -0.15) is 0 Å². The summed E-state index contributed by atoms with van der Waals surface area (Å²) in [7, 11) is 1.30. The minimum Gasteiger partial charge on any atom is -0.465 e. The largest absolute Gasteiger partial charge is 0.465 e. The van der Waals surface area contributed by atoms with Gasteiger partial charge in [0.05, 0.1) is 12.7 Å². The van der Waals surface area contributed by atoms with E-state index in [4.69, 9.17) is 0 Å². The van der Waals surface area contributed by atoms with Crippen LogP contribution in [0.5, 0.6) is 0 Å². The van der Waals surface area contributed by atoms with Gasteiger partial charge >= 0.3 is 5.97 Å². The summed E-state index contributed by atoms with van der Waals surface area (Å²) in [5.74, 6) is -0.705. The fraction of sp³-hybridized carbons (Fsp3) is 0.150. The summed E-state index contributed by atoms with van der Waals surface area (Å²) >= 11 is 0. The van der Waals surface area contributed by atoms with E-state index in [0.29, 0.717) is 23.2 Å². The highest BCUT2D eigenvalue weighted by atomic mass is 16.5. The van der Waals surface area contributed by atoms with Crippen LogP contribution in [-0.4, -0.2) is 24.0 Å². The number of aryl methyl sites for hydroxylation is 1. The molecule has 132 valence electrons. The first kappa shape index (κ1) is 17.4. The average Bonchev–Trinajstić information content (AvgIpc) is 2.66. The number of methoxy groups -OCH3 is 1. The zero-order valence-corrected chi connectivity index (χ0v) is 14.2. The molecule has 0 unspecified atom stereocenters. The lowest BCUT2D eigenvalue weighted by Gasteiger charge is -2.07. The molecule has 3 rings (SSSR count). The van der Waals surface area contributed by atoms with Gasteiger partial charge in [0.2, 0.25) is 5.91 Å². The molecule has 0 saturated carbocycles. The number of carbonyl (C=O) groups excluding carboxylic acids is 2. The molecule has 2 aromatic carbocycles. The summed E-state index contributed by atoms with van der Waals surface area (Å²) in [6.07, 6.45) is 0.479. The Morgan fingerprint density at radius 2 is 1.88 bits per heavy atom. The highest BCUT2D eigenvalue weighted by Crippen LogP contribution is 2.14. The first-order valence-electron chi connectivity index (χ1n) is 8.16. The van der Waals surface area contributed by atoms with Crippen LogP contribution in [0.1, 0.15) is 22.3 Å². The molecule has 0 fully saturated rings. The van der Waals surface area contributed by atoms with E-state index < -0.39 is 5.97 Å². The number of carbonyl (C=O) groups is 2. The minimum atomic E-state index is -0.469. The van der Waals surface area contributed by atoms with Gasteiger partial charge in [0.15, 0.2) is 0 Å². The summed E-state index contributed by atoms with van der Waals surface area (Å²) in [6, 6.07) is 15.8. The summed E-state index contributed by atoms with van der Waals surface area (Å²) in [5, 5.41) is 3.65. The van der Waals surface area contributed by atoms with Gasteiger partial charge in [0.25, 0.3) is 5.56 Å². The Morgan fingerprint density at radius 1 is 1.08 bits per heavy atom. The van der Waals surface area contributed by atoms with Crippen LogP contribution >= 0.6 is 0 Å². The van der Waals surface area contributed by atoms with E-state index in [2.05, 4.69) is 15.0 Å². The second kappa shape index (κ2) is 7.65. The number of hydrogen-bond donors (Lipinski definition) is 2. The van der Waals surface area contributed by atoms with Crippen molar-refractivity contribution in [1.29, 1.82) is 0 Å². The summed E-state index contributed by atoms with van der Waals surface area (Å²) in [4.78, 5) is 38.6. The molecule has 0 radical (unpaired) electrons. The lowest BCUT2D eigenvalue weighted by Crippen LogP contribution is -2.17. The number of aromatic amines is 1. The number of benzene rings is 2. The van der Waals surface area contributed by atoms with E-state index in [0.717, 1.165) is 10.9 Å². The van der Waals surface area contributed by atoms with Gasteiger partial charge in [0, 0.05) is 23.2 Å².